The van der Waals surface area contributed by atoms with Crippen LogP contribution >= 0.6 is 0 Å². The number of anilines is 1. The summed E-state index contributed by atoms with van der Waals surface area (Å²) in [7, 11) is 0. The number of piperazine rings is 1. The first-order valence-electron chi connectivity index (χ1n) is 8.14. The first-order valence-corrected chi connectivity index (χ1v) is 8.14. The quantitative estimate of drug-likeness (QED) is 0.814. The molecular formula is C17H30N4. The van der Waals surface area contributed by atoms with Crippen molar-refractivity contribution in [3.63, 3.8) is 0 Å². The number of nitrogens with zero attached hydrogens (tertiary/aromatic N) is 3. The molecule has 2 heterocycles. The molecule has 2 rings (SSSR count). The van der Waals surface area contributed by atoms with E-state index in [2.05, 4.69) is 53.0 Å². The predicted octanol–water partition coefficient (Wildman–Crippen LogP) is 2.23. The third-order valence-electron chi connectivity index (χ3n) is 4.00. The zero-order chi connectivity index (χ0) is 15.1. The van der Waals surface area contributed by atoms with E-state index in [4.69, 9.17) is 0 Å². The molecular weight excluding hydrogens is 260 g/mol. The second-order valence-electron chi connectivity index (χ2n) is 7.08. The smallest absolute Gasteiger partial charge is 0.128 e. The Hall–Kier alpha value is -1.13. The Labute approximate surface area is 129 Å². The number of aromatic nitrogens is 1. The summed E-state index contributed by atoms with van der Waals surface area (Å²) < 4.78 is 0. The minimum Gasteiger partial charge on any atom is -0.354 e. The van der Waals surface area contributed by atoms with Gasteiger partial charge in [-0.05, 0) is 30.5 Å². The maximum absolute atomic E-state index is 4.43. The molecule has 0 bridgehead atoms. The van der Waals surface area contributed by atoms with E-state index in [1.807, 2.05) is 12.3 Å². The summed E-state index contributed by atoms with van der Waals surface area (Å²) in [6.07, 6.45) is 3.11. The van der Waals surface area contributed by atoms with Gasteiger partial charge in [-0.25, -0.2) is 4.98 Å². The first kappa shape index (κ1) is 16.2. The Bertz CT molecular complexity index is 391. The number of rotatable bonds is 6. The van der Waals surface area contributed by atoms with E-state index in [1.165, 1.54) is 6.42 Å². The maximum atomic E-state index is 4.43. The summed E-state index contributed by atoms with van der Waals surface area (Å²) in [6, 6.07) is 6.14. The molecule has 0 spiro atoms. The lowest BCUT2D eigenvalue weighted by atomic mass is 9.92. The molecule has 1 aliphatic heterocycles. The van der Waals surface area contributed by atoms with E-state index >= 15 is 0 Å². The lowest BCUT2D eigenvalue weighted by Crippen LogP contribution is -2.48. The van der Waals surface area contributed by atoms with Crippen molar-refractivity contribution in [1.29, 1.82) is 0 Å². The van der Waals surface area contributed by atoms with Crippen LogP contribution in [0.15, 0.2) is 24.4 Å². The molecule has 0 atom stereocenters. The van der Waals surface area contributed by atoms with Crippen LogP contribution in [0.3, 0.4) is 0 Å². The van der Waals surface area contributed by atoms with Gasteiger partial charge in [0.1, 0.15) is 5.82 Å². The van der Waals surface area contributed by atoms with E-state index in [9.17, 15) is 0 Å². The number of hydrogen-bond acceptors (Lipinski definition) is 4. The van der Waals surface area contributed by atoms with E-state index < -0.39 is 0 Å². The minimum atomic E-state index is 0.432. The van der Waals surface area contributed by atoms with Crippen LogP contribution in [-0.2, 0) is 0 Å². The van der Waals surface area contributed by atoms with Crippen molar-refractivity contribution in [3.05, 3.63) is 24.4 Å². The molecule has 0 amide bonds. The van der Waals surface area contributed by atoms with Gasteiger partial charge in [-0.1, -0.05) is 26.8 Å². The van der Waals surface area contributed by atoms with Gasteiger partial charge in [0.2, 0.25) is 0 Å². The fourth-order valence-electron chi connectivity index (χ4n) is 2.57. The van der Waals surface area contributed by atoms with Crippen LogP contribution in [0.2, 0.25) is 0 Å². The normalized spacial score (nSPS) is 17.2. The minimum absolute atomic E-state index is 0.432. The molecule has 21 heavy (non-hydrogen) atoms. The molecule has 4 nitrogen and oxygen atoms in total. The molecule has 4 heteroatoms. The summed E-state index contributed by atoms with van der Waals surface area (Å²) in [5.41, 5.74) is 0.432. The molecule has 1 aromatic rings. The molecule has 0 aromatic carbocycles. The third-order valence-corrected chi connectivity index (χ3v) is 4.00. The molecule has 0 unspecified atom stereocenters. The highest BCUT2D eigenvalue weighted by Gasteiger charge is 2.17. The Morgan fingerprint density at radius 3 is 2.48 bits per heavy atom. The molecule has 0 aliphatic carbocycles. The average Bonchev–Trinajstić information content (AvgIpc) is 2.47. The highest BCUT2D eigenvalue weighted by atomic mass is 15.3. The fraction of sp³-hybridized carbons (Fsp3) is 0.706. The standard InChI is InChI=1S/C17H30N4/c1-17(2,3)7-9-18-10-11-20-12-14-21(15-13-20)16-6-4-5-8-19-16/h4-6,8,18H,7,9-15H2,1-3H3. The van der Waals surface area contributed by atoms with Crippen molar-refractivity contribution in [2.24, 2.45) is 5.41 Å². The predicted molar refractivity (Wildman–Crippen MR) is 89.8 cm³/mol. The van der Waals surface area contributed by atoms with Crippen LogP contribution in [0.25, 0.3) is 0 Å². The molecule has 0 radical (unpaired) electrons. The molecule has 1 aliphatic rings. The van der Waals surface area contributed by atoms with Gasteiger partial charge >= 0.3 is 0 Å². The van der Waals surface area contributed by atoms with E-state index in [0.29, 0.717) is 5.41 Å². The Kier molecular flexibility index (Phi) is 6.00. The van der Waals surface area contributed by atoms with Crippen molar-refractivity contribution in [3.8, 4) is 0 Å². The number of hydrogen-bond donors (Lipinski definition) is 1. The lowest BCUT2D eigenvalue weighted by Gasteiger charge is -2.35. The monoisotopic (exact) mass is 290 g/mol. The summed E-state index contributed by atoms with van der Waals surface area (Å²) in [4.78, 5) is 9.36. The van der Waals surface area contributed by atoms with Crippen molar-refractivity contribution < 1.29 is 0 Å². The topological polar surface area (TPSA) is 31.4 Å². The van der Waals surface area contributed by atoms with Gasteiger partial charge in [-0.2, -0.15) is 0 Å². The Morgan fingerprint density at radius 2 is 1.86 bits per heavy atom. The highest BCUT2D eigenvalue weighted by Crippen LogP contribution is 2.16. The van der Waals surface area contributed by atoms with E-state index in [0.717, 1.165) is 51.6 Å². The number of pyridine rings is 1. The summed E-state index contributed by atoms with van der Waals surface area (Å²) in [6.45, 7) is 14.7. The Morgan fingerprint density at radius 1 is 1.10 bits per heavy atom. The third kappa shape index (κ3) is 6.02. The summed E-state index contributed by atoms with van der Waals surface area (Å²) in [5, 5.41) is 3.56. The molecule has 1 N–H and O–H groups in total. The van der Waals surface area contributed by atoms with Gasteiger partial charge < -0.3 is 10.2 Å². The van der Waals surface area contributed by atoms with Crippen LogP contribution in [0.1, 0.15) is 27.2 Å². The Balaban J connectivity index is 1.59. The van der Waals surface area contributed by atoms with Crippen LogP contribution in [0, 0.1) is 5.41 Å². The second-order valence-corrected chi connectivity index (χ2v) is 7.08. The van der Waals surface area contributed by atoms with Crippen LogP contribution in [0.4, 0.5) is 5.82 Å². The maximum Gasteiger partial charge on any atom is 0.128 e. The van der Waals surface area contributed by atoms with Crippen molar-refractivity contribution in [2.45, 2.75) is 27.2 Å². The summed E-state index contributed by atoms with van der Waals surface area (Å²) >= 11 is 0. The zero-order valence-electron chi connectivity index (χ0n) is 13.8. The van der Waals surface area contributed by atoms with Crippen LogP contribution in [-0.4, -0.2) is 55.7 Å². The molecule has 118 valence electrons. The SMILES string of the molecule is CC(C)(C)CCNCCN1CCN(c2ccccn2)CC1. The van der Waals surface area contributed by atoms with Gasteiger partial charge in [-0.3, -0.25) is 4.90 Å². The lowest BCUT2D eigenvalue weighted by molar-refractivity contribution is 0.254. The second kappa shape index (κ2) is 7.76. The molecule has 1 saturated heterocycles. The van der Waals surface area contributed by atoms with Gasteiger partial charge in [0.15, 0.2) is 0 Å². The van der Waals surface area contributed by atoms with Gasteiger partial charge in [0.05, 0.1) is 0 Å². The van der Waals surface area contributed by atoms with E-state index in [1.54, 1.807) is 0 Å². The average molecular weight is 290 g/mol. The number of nitrogens with one attached hydrogen (secondary N) is 1. The van der Waals surface area contributed by atoms with Gasteiger partial charge in [0.25, 0.3) is 0 Å². The van der Waals surface area contributed by atoms with Crippen molar-refractivity contribution >= 4 is 5.82 Å². The molecule has 1 aromatic heterocycles. The van der Waals surface area contributed by atoms with Crippen molar-refractivity contribution in [2.75, 3.05) is 50.7 Å². The van der Waals surface area contributed by atoms with Crippen LogP contribution < -0.4 is 10.2 Å². The van der Waals surface area contributed by atoms with Crippen LogP contribution in [0.5, 0.6) is 0 Å². The first-order chi connectivity index (χ1) is 10.0. The highest BCUT2D eigenvalue weighted by molar-refractivity contribution is 5.38. The van der Waals surface area contributed by atoms with Gasteiger partial charge in [0, 0.05) is 45.5 Å². The molecule has 0 saturated carbocycles. The van der Waals surface area contributed by atoms with Crippen molar-refractivity contribution in [1.82, 2.24) is 15.2 Å². The zero-order valence-corrected chi connectivity index (χ0v) is 13.8. The molecule has 1 fully saturated rings. The van der Waals surface area contributed by atoms with E-state index in [-0.39, 0.29) is 0 Å². The largest absolute Gasteiger partial charge is 0.354 e. The van der Waals surface area contributed by atoms with Gasteiger partial charge in [-0.15, -0.1) is 0 Å². The fourth-order valence-corrected chi connectivity index (χ4v) is 2.57. The summed E-state index contributed by atoms with van der Waals surface area (Å²) in [5.74, 6) is 1.11.